The molecule has 0 aromatic carbocycles. The highest BCUT2D eigenvalue weighted by molar-refractivity contribution is 14.1. The Balaban J connectivity index is 3.87. The molecule has 0 aliphatic carbocycles. The third kappa shape index (κ3) is 5.77. The maximum atomic E-state index is 11.3. The molecule has 0 bridgehead atoms. The largest absolute Gasteiger partial charge is 0.350 e. The van der Waals surface area contributed by atoms with Crippen LogP contribution in [0.5, 0.6) is 0 Å². The fourth-order valence-corrected chi connectivity index (χ4v) is 0.943. The van der Waals surface area contributed by atoms with Gasteiger partial charge in [0.25, 0.3) is 0 Å². The van der Waals surface area contributed by atoms with Crippen molar-refractivity contribution in [2.75, 3.05) is 11.0 Å². The standard InChI is InChI=1S/C9H13IN2O2/c1-3-4-5-11-9(14)7(2)12-8(13)6-10/h4,7H,1,5-6H2,2H3,(H,11,14)(H,12,13)/t7-/m1/s1. The summed E-state index contributed by atoms with van der Waals surface area (Å²) in [5, 5.41) is 5.15. The third-order valence-corrected chi connectivity index (χ3v) is 2.11. The van der Waals surface area contributed by atoms with Gasteiger partial charge in [0, 0.05) is 6.54 Å². The molecule has 4 nitrogen and oxygen atoms in total. The van der Waals surface area contributed by atoms with Crippen molar-refractivity contribution in [2.45, 2.75) is 13.0 Å². The molecule has 0 aliphatic rings. The van der Waals surface area contributed by atoms with E-state index in [9.17, 15) is 9.59 Å². The number of hydrogen-bond acceptors (Lipinski definition) is 2. The minimum Gasteiger partial charge on any atom is -0.350 e. The van der Waals surface area contributed by atoms with Crippen LogP contribution in [0.1, 0.15) is 6.92 Å². The van der Waals surface area contributed by atoms with Crippen LogP contribution in [0.4, 0.5) is 0 Å². The normalized spacial score (nSPS) is 11.0. The summed E-state index contributed by atoms with van der Waals surface area (Å²) in [4.78, 5) is 22.2. The molecule has 0 rings (SSSR count). The van der Waals surface area contributed by atoms with Crippen molar-refractivity contribution >= 4 is 34.4 Å². The third-order valence-electron chi connectivity index (χ3n) is 1.41. The number of halogens is 1. The smallest absolute Gasteiger partial charge is 0.242 e. The molecule has 78 valence electrons. The number of alkyl halides is 1. The van der Waals surface area contributed by atoms with Crippen molar-refractivity contribution in [3.8, 4) is 0 Å². The SMILES string of the molecule is C=C=CCNC(=O)[C@@H](C)NC(=O)CI. The maximum Gasteiger partial charge on any atom is 0.242 e. The van der Waals surface area contributed by atoms with Crippen LogP contribution in [0.2, 0.25) is 0 Å². The van der Waals surface area contributed by atoms with E-state index in [0.717, 1.165) is 0 Å². The van der Waals surface area contributed by atoms with Crippen LogP contribution >= 0.6 is 22.6 Å². The van der Waals surface area contributed by atoms with E-state index >= 15 is 0 Å². The van der Waals surface area contributed by atoms with Crippen LogP contribution in [-0.2, 0) is 9.59 Å². The van der Waals surface area contributed by atoms with E-state index in [1.165, 1.54) is 0 Å². The molecule has 0 radical (unpaired) electrons. The summed E-state index contributed by atoms with van der Waals surface area (Å²) in [6, 6.07) is -0.504. The van der Waals surface area contributed by atoms with Crippen LogP contribution < -0.4 is 10.6 Å². The Morgan fingerprint density at radius 1 is 1.64 bits per heavy atom. The molecule has 2 amide bonds. The molecule has 0 spiro atoms. The first kappa shape index (κ1) is 13.2. The predicted molar refractivity (Wildman–Crippen MR) is 63.2 cm³/mol. The Morgan fingerprint density at radius 3 is 2.79 bits per heavy atom. The van der Waals surface area contributed by atoms with E-state index in [-0.39, 0.29) is 11.8 Å². The van der Waals surface area contributed by atoms with E-state index in [2.05, 4.69) is 22.9 Å². The zero-order valence-electron chi connectivity index (χ0n) is 7.97. The van der Waals surface area contributed by atoms with E-state index in [1.807, 2.05) is 22.6 Å². The molecular formula is C9H13IN2O2. The molecule has 0 aromatic heterocycles. The monoisotopic (exact) mass is 308 g/mol. The van der Waals surface area contributed by atoms with Crippen molar-refractivity contribution < 1.29 is 9.59 Å². The first-order valence-electron chi connectivity index (χ1n) is 4.09. The van der Waals surface area contributed by atoms with E-state index < -0.39 is 6.04 Å². The highest BCUT2D eigenvalue weighted by Crippen LogP contribution is 1.85. The lowest BCUT2D eigenvalue weighted by Crippen LogP contribution is -2.45. The van der Waals surface area contributed by atoms with E-state index in [4.69, 9.17) is 0 Å². The fourth-order valence-electron chi connectivity index (χ4n) is 0.722. The first-order chi connectivity index (χ1) is 6.61. The van der Waals surface area contributed by atoms with Gasteiger partial charge in [-0.15, -0.1) is 5.73 Å². The minimum absolute atomic E-state index is 0.146. The summed E-state index contributed by atoms with van der Waals surface area (Å²) >= 11 is 1.94. The van der Waals surface area contributed by atoms with Gasteiger partial charge in [-0.05, 0) is 13.0 Å². The Kier molecular flexibility index (Phi) is 7.14. The zero-order chi connectivity index (χ0) is 11.0. The quantitative estimate of drug-likeness (QED) is 0.438. The van der Waals surface area contributed by atoms with Gasteiger partial charge in [-0.3, -0.25) is 9.59 Å². The summed E-state index contributed by atoms with van der Waals surface area (Å²) in [6.45, 7) is 5.38. The van der Waals surface area contributed by atoms with E-state index in [1.54, 1.807) is 13.0 Å². The average Bonchev–Trinajstić information content (AvgIpc) is 2.17. The molecule has 0 aliphatic heterocycles. The van der Waals surface area contributed by atoms with Crippen LogP contribution in [0.25, 0.3) is 0 Å². The molecule has 0 fully saturated rings. The summed E-state index contributed by atoms with van der Waals surface area (Å²) < 4.78 is 0.349. The van der Waals surface area contributed by atoms with Gasteiger partial charge in [0.05, 0.1) is 4.43 Å². The number of amides is 2. The van der Waals surface area contributed by atoms with Crippen molar-refractivity contribution in [3.05, 3.63) is 18.4 Å². The second-order valence-corrected chi connectivity index (χ2v) is 3.34. The number of carbonyl (C=O) groups is 2. The lowest BCUT2D eigenvalue weighted by molar-refractivity contribution is -0.127. The molecule has 2 N–H and O–H groups in total. The highest BCUT2D eigenvalue weighted by Gasteiger charge is 2.13. The Hall–Kier alpha value is -0.810. The Labute approximate surface area is 97.0 Å². The molecule has 0 heterocycles. The predicted octanol–water partition coefficient (Wildman–Crippen LogP) is 0.383. The number of rotatable bonds is 5. The minimum atomic E-state index is -0.504. The molecule has 14 heavy (non-hydrogen) atoms. The molecule has 0 saturated heterocycles. The van der Waals surface area contributed by atoms with Gasteiger partial charge < -0.3 is 10.6 Å². The number of hydrogen-bond donors (Lipinski definition) is 2. The van der Waals surface area contributed by atoms with Crippen LogP contribution in [0.3, 0.4) is 0 Å². The Bertz CT molecular complexity index is 260. The van der Waals surface area contributed by atoms with Crippen LogP contribution in [-0.4, -0.2) is 28.8 Å². The summed E-state index contributed by atoms with van der Waals surface area (Å²) in [7, 11) is 0. The Morgan fingerprint density at radius 2 is 2.29 bits per heavy atom. The van der Waals surface area contributed by atoms with Gasteiger partial charge in [0.2, 0.25) is 11.8 Å². The van der Waals surface area contributed by atoms with Gasteiger partial charge >= 0.3 is 0 Å². The van der Waals surface area contributed by atoms with Crippen LogP contribution in [0, 0.1) is 0 Å². The average molecular weight is 308 g/mol. The lowest BCUT2D eigenvalue weighted by Gasteiger charge is -2.11. The summed E-state index contributed by atoms with van der Waals surface area (Å²) in [6.07, 6.45) is 1.60. The van der Waals surface area contributed by atoms with Gasteiger partial charge in [-0.2, -0.15) is 0 Å². The van der Waals surface area contributed by atoms with Gasteiger partial charge in [-0.1, -0.05) is 29.2 Å². The van der Waals surface area contributed by atoms with Crippen molar-refractivity contribution in [1.29, 1.82) is 0 Å². The van der Waals surface area contributed by atoms with Gasteiger partial charge in [0.1, 0.15) is 6.04 Å². The molecular weight excluding hydrogens is 295 g/mol. The molecule has 1 atom stereocenters. The van der Waals surface area contributed by atoms with Crippen molar-refractivity contribution in [2.24, 2.45) is 0 Å². The molecule has 0 unspecified atom stereocenters. The van der Waals surface area contributed by atoms with Gasteiger partial charge in [0.15, 0.2) is 0 Å². The van der Waals surface area contributed by atoms with Crippen LogP contribution in [0.15, 0.2) is 18.4 Å². The highest BCUT2D eigenvalue weighted by atomic mass is 127. The van der Waals surface area contributed by atoms with E-state index in [0.29, 0.717) is 11.0 Å². The summed E-state index contributed by atoms with van der Waals surface area (Å²) in [5.41, 5.74) is 2.54. The second-order valence-electron chi connectivity index (χ2n) is 2.58. The fraction of sp³-hybridized carbons (Fsp3) is 0.444. The number of nitrogens with one attached hydrogen (secondary N) is 2. The zero-order valence-corrected chi connectivity index (χ0v) is 10.1. The molecule has 0 aromatic rings. The summed E-state index contributed by atoms with van der Waals surface area (Å²) in [5.74, 6) is -0.359. The topological polar surface area (TPSA) is 58.2 Å². The number of carbonyl (C=O) groups excluding carboxylic acids is 2. The molecule has 0 saturated carbocycles. The van der Waals surface area contributed by atoms with Gasteiger partial charge in [-0.25, -0.2) is 0 Å². The lowest BCUT2D eigenvalue weighted by atomic mass is 10.3. The van der Waals surface area contributed by atoms with Crippen molar-refractivity contribution in [3.63, 3.8) is 0 Å². The first-order valence-corrected chi connectivity index (χ1v) is 5.61. The second kappa shape index (κ2) is 7.58. The maximum absolute atomic E-state index is 11.3. The van der Waals surface area contributed by atoms with Crippen molar-refractivity contribution in [1.82, 2.24) is 10.6 Å². The molecule has 5 heteroatoms.